The standard InChI is InChI=1S/C20H27F2N5O5/c1-2-5-14(18(30)26-15(19(31)32)6-3-4-9-23)25-16(28)7-8-17(29)27-12-20(21,22)10-13(27)11-24/h1,13-15H,3-10,12,23H2,(H,25,28)(H,26,30)(H,31,32)/t13-,14-,15-/m0/s1. The lowest BCUT2D eigenvalue weighted by Gasteiger charge is -2.21. The highest BCUT2D eigenvalue weighted by molar-refractivity contribution is 5.91. The van der Waals surface area contributed by atoms with Gasteiger partial charge in [0.25, 0.3) is 5.92 Å². The molecule has 0 aromatic carbocycles. The quantitative estimate of drug-likeness (QED) is 0.232. The van der Waals surface area contributed by atoms with Gasteiger partial charge in [-0.3, -0.25) is 14.4 Å². The molecule has 0 radical (unpaired) electrons. The van der Waals surface area contributed by atoms with Gasteiger partial charge in [0.05, 0.1) is 12.6 Å². The maximum atomic E-state index is 13.5. The Morgan fingerprint density at radius 1 is 1.22 bits per heavy atom. The predicted octanol–water partition coefficient (Wildman–Crippen LogP) is -0.267. The number of hydrogen-bond acceptors (Lipinski definition) is 6. The van der Waals surface area contributed by atoms with Crippen molar-refractivity contribution in [3.63, 3.8) is 0 Å². The Labute approximate surface area is 184 Å². The summed E-state index contributed by atoms with van der Waals surface area (Å²) >= 11 is 0. The number of amides is 3. The van der Waals surface area contributed by atoms with Gasteiger partial charge < -0.3 is 26.4 Å². The topological polar surface area (TPSA) is 166 Å². The summed E-state index contributed by atoms with van der Waals surface area (Å²) in [4.78, 5) is 48.8. The Morgan fingerprint density at radius 3 is 2.47 bits per heavy atom. The molecule has 1 aliphatic rings. The third-order valence-electron chi connectivity index (χ3n) is 4.84. The number of aliphatic carboxylic acids is 1. The van der Waals surface area contributed by atoms with E-state index in [2.05, 4.69) is 16.6 Å². The molecule has 1 aliphatic heterocycles. The van der Waals surface area contributed by atoms with E-state index in [1.165, 1.54) is 0 Å². The van der Waals surface area contributed by atoms with E-state index in [0.717, 1.165) is 4.90 Å². The van der Waals surface area contributed by atoms with Crippen LogP contribution in [0.2, 0.25) is 0 Å². The average Bonchev–Trinajstić information content (AvgIpc) is 3.05. The molecule has 0 unspecified atom stereocenters. The second kappa shape index (κ2) is 12.6. The number of terminal acetylenes is 1. The third-order valence-corrected chi connectivity index (χ3v) is 4.84. The van der Waals surface area contributed by atoms with Crippen LogP contribution >= 0.6 is 0 Å². The maximum Gasteiger partial charge on any atom is 0.326 e. The molecule has 0 aliphatic carbocycles. The molecule has 12 heteroatoms. The predicted molar refractivity (Wildman–Crippen MR) is 108 cm³/mol. The van der Waals surface area contributed by atoms with Crippen molar-refractivity contribution in [3.05, 3.63) is 0 Å². The number of nitrogens with two attached hydrogens (primary N) is 1. The van der Waals surface area contributed by atoms with Crippen molar-refractivity contribution in [2.24, 2.45) is 5.73 Å². The lowest BCUT2D eigenvalue weighted by molar-refractivity contribution is -0.142. The number of unbranched alkanes of at least 4 members (excludes halogenated alkanes) is 1. The zero-order chi connectivity index (χ0) is 24.3. The van der Waals surface area contributed by atoms with Crippen molar-refractivity contribution in [1.29, 1.82) is 5.26 Å². The molecule has 3 atom stereocenters. The zero-order valence-corrected chi connectivity index (χ0v) is 17.5. The van der Waals surface area contributed by atoms with Gasteiger partial charge in [0.1, 0.15) is 18.1 Å². The summed E-state index contributed by atoms with van der Waals surface area (Å²) in [5.41, 5.74) is 5.37. The first-order valence-corrected chi connectivity index (χ1v) is 10.1. The number of carboxylic acid groups (broad SMARTS) is 1. The van der Waals surface area contributed by atoms with Crippen molar-refractivity contribution in [3.8, 4) is 18.4 Å². The molecule has 10 nitrogen and oxygen atoms in total. The monoisotopic (exact) mass is 455 g/mol. The Bertz CT molecular complexity index is 792. The molecule has 1 saturated heterocycles. The fourth-order valence-corrected chi connectivity index (χ4v) is 3.17. The molecule has 0 spiro atoms. The van der Waals surface area contributed by atoms with Gasteiger partial charge >= 0.3 is 5.97 Å². The normalized spacial score (nSPS) is 18.7. The molecule has 0 aromatic rings. The number of carboxylic acids is 1. The van der Waals surface area contributed by atoms with Crippen LogP contribution in [0, 0.1) is 23.7 Å². The molecule has 0 aromatic heterocycles. The molecule has 32 heavy (non-hydrogen) atoms. The Balaban J connectivity index is 2.63. The van der Waals surface area contributed by atoms with E-state index < -0.39 is 73.5 Å². The fourth-order valence-electron chi connectivity index (χ4n) is 3.17. The molecule has 1 heterocycles. The van der Waals surface area contributed by atoms with Crippen molar-refractivity contribution in [1.82, 2.24) is 15.5 Å². The second-order valence-electron chi connectivity index (χ2n) is 7.44. The van der Waals surface area contributed by atoms with Gasteiger partial charge in [-0.2, -0.15) is 5.26 Å². The largest absolute Gasteiger partial charge is 0.480 e. The number of rotatable bonds is 12. The molecule has 5 N–H and O–H groups in total. The van der Waals surface area contributed by atoms with Crippen molar-refractivity contribution in [2.45, 2.75) is 69.0 Å². The molecule has 0 saturated carbocycles. The van der Waals surface area contributed by atoms with E-state index in [4.69, 9.17) is 17.4 Å². The van der Waals surface area contributed by atoms with Crippen LogP contribution in [0.1, 0.15) is 44.9 Å². The smallest absolute Gasteiger partial charge is 0.326 e. The first-order chi connectivity index (χ1) is 15.0. The number of halogens is 2. The highest BCUT2D eigenvalue weighted by Gasteiger charge is 2.47. The van der Waals surface area contributed by atoms with Crippen molar-refractivity contribution < 1.29 is 33.1 Å². The Morgan fingerprint density at radius 2 is 1.91 bits per heavy atom. The molecular formula is C20H27F2N5O5. The van der Waals surface area contributed by atoms with Crippen LogP contribution < -0.4 is 16.4 Å². The first-order valence-electron chi connectivity index (χ1n) is 10.1. The average molecular weight is 455 g/mol. The van der Waals surface area contributed by atoms with E-state index in [-0.39, 0.29) is 12.8 Å². The van der Waals surface area contributed by atoms with Crippen LogP contribution in [0.5, 0.6) is 0 Å². The summed E-state index contributed by atoms with van der Waals surface area (Å²) < 4.78 is 26.9. The Kier molecular flexibility index (Phi) is 10.5. The maximum absolute atomic E-state index is 13.5. The number of nitriles is 1. The SMILES string of the molecule is C#CC[C@H](NC(=O)CCC(=O)N1CC(F)(F)C[C@H]1C#N)C(=O)N[C@@H](CCCCN)C(=O)O. The molecule has 1 fully saturated rings. The van der Waals surface area contributed by atoms with Crippen LogP contribution in [-0.2, 0) is 19.2 Å². The van der Waals surface area contributed by atoms with Crippen LogP contribution in [0.3, 0.4) is 0 Å². The summed E-state index contributed by atoms with van der Waals surface area (Å²) in [7, 11) is 0. The van der Waals surface area contributed by atoms with E-state index in [1.807, 2.05) is 0 Å². The first kappa shape index (κ1) is 26.8. The van der Waals surface area contributed by atoms with Gasteiger partial charge in [0.2, 0.25) is 17.7 Å². The molecule has 0 bridgehead atoms. The number of nitrogens with one attached hydrogen (secondary N) is 2. The molecule has 176 valence electrons. The third kappa shape index (κ3) is 8.47. The Hall–Kier alpha value is -3.25. The summed E-state index contributed by atoms with van der Waals surface area (Å²) in [6.07, 6.45) is 4.56. The highest BCUT2D eigenvalue weighted by atomic mass is 19.3. The van der Waals surface area contributed by atoms with E-state index >= 15 is 0 Å². The summed E-state index contributed by atoms with van der Waals surface area (Å²) in [6, 6.07) is -2.05. The zero-order valence-electron chi connectivity index (χ0n) is 17.5. The van der Waals surface area contributed by atoms with Gasteiger partial charge in [-0.05, 0) is 25.8 Å². The molecule has 1 rings (SSSR count). The number of nitrogens with zero attached hydrogens (tertiary/aromatic N) is 2. The number of hydrogen-bond donors (Lipinski definition) is 4. The van der Waals surface area contributed by atoms with Crippen LogP contribution in [-0.4, -0.2) is 70.8 Å². The van der Waals surface area contributed by atoms with Crippen LogP contribution in [0.25, 0.3) is 0 Å². The van der Waals surface area contributed by atoms with Crippen molar-refractivity contribution in [2.75, 3.05) is 13.1 Å². The number of carbonyl (C=O) groups is 4. The lowest BCUT2D eigenvalue weighted by atomic mass is 10.1. The summed E-state index contributed by atoms with van der Waals surface area (Å²) in [5, 5.41) is 22.8. The van der Waals surface area contributed by atoms with Gasteiger partial charge in [-0.25, -0.2) is 13.6 Å². The van der Waals surface area contributed by atoms with E-state index in [1.54, 1.807) is 6.07 Å². The van der Waals surface area contributed by atoms with Gasteiger partial charge in [-0.1, -0.05) is 0 Å². The minimum atomic E-state index is -3.17. The number of likely N-dealkylation sites (tertiary alicyclic amines) is 1. The second-order valence-corrected chi connectivity index (χ2v) is 7.44. The van der Waals surface area contributed by atoms with E-state index in [9.17, 15) is 33.1 Å². The van der Waals surface area contributed by atoms with Crippen molar-refractivity contribution >= 4 is 23.7 Å². The minimum absolute atomic E-state index is 0.143. The van der Waals surface area contributed by atoms with Crippen LogP contribution in [0.4, 0.5) is 8.78 Å². The number of carbonyl (C=O) groups excluding carboxylic acids is 3. The molecular weight excluding hydrogens is 428 g/mol. The number of alkyl halides is 2. The highest BCUT2D eigenvalue weighted by Crippen LogP contribution is 2.32. The molecule has 3 amide bonds. The van der Waals surface area contributed by atoms with Gasteiger partial charge in [0, 0.05) is 25.7 Å². The summed E-state index contributed by atoms with van der Waals surface area (Å²) in [6.45, 7) is -0.520. The van der Waals surface area contributed by atoms with E-state index in [0.29, 0.717) is 19.4 Å². The minimum Gasteiger partial charge on any atom is -0.480 e. The fraction of sp³-hybridized carbons (Fsp3) is 0.650. The van der Waals surface area contributed by atoms with Gasteiger partial charge in [-0.15, -0.1) is 12.3 Å². The summed E-state index contributed by atoms with van der Waals surface area (Å²) in [5.74, 6) is -4.54. The van der Waals surface area contributed by atoms with Gasteiger partial charge in [0.15, 0.2) is 0 Å². The van der Waals surface area contributed by atoms with Crippen LogP contribution in [0.15, 0.2) is 0 Å². The lowest BCUT2D eigenvalue weighted by Crippen LogP contribution is -2.51.